The van der Waals surface area contributed by atoms with E-state index in [2.05, 4.69) is 24.4 Å². The van der Waals surface area contributed by atoms with E-state index in [-0.39, 0.29) is 0 Å². The van der Waals surface area contributed by atoms with Gasteiger partial charge in [-0.1, -0.05) is 43.9 Å². The van der Waals surface area contributed by atoms with Crippen molar-refractivity contribution in [3.8, 4) is 0 Å². The minimum absolute atomic E-state index is 0.559. The summed E-state index contributed by atoms with van der Waals surface area (Å²) >= 11 is 6.01. The highest BCUT2D eigenvalue weighted by molar-refractivity contribution is 6.30. The lowest BCUT2D eigenvalue weighted by Gasteiger charge is -2.13. The first kappa shape index (κ1) is 12.9. The van der Waals surface area contributed by atoms with Gasteiger partial charge in [-0.05, 0) is 49.1 Å². The minimum atomic E-state index is 0.559. The lowest BCUT2D eigenvalue weighted by atomic mass is 10.1. The summed E-state index contributed by atoms with van der Waals surface area (Å²) < 4.78 is 0. The van der Waals surface area contributed by atoms with Gasteiger partial charge in [0.2, 0.25) is 0 Å². The Morgan fingerprint density at radius 2 is 2.18 bits per heavy atom. The molecule has 0 aromatic heterocycles. The molecule has 0 saturated heterocycles. The predicted molar refractivity (Wildman–Crippen MR) is 74.7 cm³/mol. The highest BCUT2D eigenvalue weighted by Crippen LogP contribution is 2.32. The molecule has 1 aliphatic rings. The van der Waals surface area contributed by atoms with E-state index in [0.717, 1.165) is 11.6 Å². The molecule has 0 spiro atoms. The van der Waals surface area contributed by atoms with Crippen LogP contribution in [0.5, 0.6) is 0 Å². The largest absolute Gasteiger partial charge is 0.310 e. The van der Waals surface area contributed by atoms with E-state index in [1.54, 1.807) is 0 Å². The van der Waals surface area contributed by atoms with Crippen LogP contribution in [0.15, 0.2) is 18.2 Å². The molecular formula is C15H22ClN. The van der Waals surface area contributed by atoms with Crippen LogP contribution in [0, 0.1) is 0 Å². The van der Waals surface area contributed by atoms with E-state index in [0.29, 0.717) is 6.04 Å². The van der Waals surface area contributed by atoms with Crippen LogP contribution in [0.3, 0.4) is 0 Å². The summed E-state index contributed by atoms with van der Waals surface area (Å²) in [6.07, 6.45) is 7.71. The number of aryl methyl sites for hydroxylation is 1. The second-order valence-electron chi connectivity index (χ2n) is 4.95. The number of benzene rings is 1. The van der Waals surface area contributed by atoms with Crippen molar-refractivity contribution in [2.24, 2.45) is 0 Å². The molecule has 0 amide bonds. The number of halogens is 1. The van der Waals surface area contributed by atoms with Gasteiger partial charge in [-0.2, -0.15) is 0 Å². The molecule has 1 nitrogen and oxygen atoms in total. The molecule has 17 heavy (non-hydrogen) atoms. The predicted octanol–water partition coefficient (Wildman–Crippen LogP) is 4.50. The number of unbranched alkanes of at least 4 members (excludes halogenated alkanes) is 3. The molecule has 94 valence electrons. The number of nitrogens with one attached hydrogen (secondary N) is 1. The highest BCUT2D eigenvalue weighted by Gasteiger charge is 2.21. The average Bonchev–Trinajstić information content (AvgIpc) is 2.71. The van der Waals surface area contributed by atoms with Gasteiger partial charge in [0.05, 0.1) is 0 Å². The van der Waals surface area contributed by atoms with Crippen molar-refractivity contribution >= 4 is 11.6 Å². The quantitative estimate of drug-likeness (QED) is 0.735. The first-order valence-corrected chi connectivity index (χ1v) is 7.20. The third-order valence-corrected chi connectivity index (χ3v) is 3.84. The fourth-order valence-electron chi connectivity index (χ4n) is 2.63. The number of rotatable bonds is 6. The zero-order valence-electron chi connectivity index (χ0n) is 10.6. The van der Waals surface area contributed by atoms with E-state index in [4.69, 9.17) is 11.6 Å². The molecule has 1 atom stereocenters. The van der Waals surface area contributed by atoms with Gasteiger partial charge in [0.15, 0.2) is 0 Å². The summed E-state index contributed by atoms with van der Waals surface area (Å²) in [6.45, 7) is 3.40. The van der Waals surface area contributed by atoms with Crippen LogP contribution in [0.1, 0.15) is 56.2 Å². The number of hydrogen-bond acceptors (Lipinski definition) is 1. The second-order valence-corrected chi connectivity index (χ2v) is 5.39. The topological polar surface area (TPSA) is 12.0 Å². The van der Waals surface area contributed by atoms with Crippen LogP contribution in [0.4, 0.5) is 0 Å². The zero-order chi connectivity index (χ0) is 12.1. The Morgan fingerprint density at radius 1 is 1.29 bits per heavy atom. The lowest BCUT2D eigenvalue weighted by molar-refractivity contribution is 0.506. The molecule has 0 fully saturated rings. The SMILES string of the molecule is CCCCCCNC1CCc2cc(Cl)ccc21. The number of hydrogen-bond donors (Lipinski definition) is 1. The number of fused-ring (bicyclic) bond motifs is 1. The normalized spacial score (nSPS) is 18.4. The molecule has 1 unspecified atom stereocenters. The van der Waals surface area contributed by atoms with Crippen molar-refractivity contribution in [1.82, 2.24) is 5.32 Å². The van der Waals surface area contributed by atoms with Crippen LogP contribution in [0.2, 0.25) is 5.02 Å². The summed E-state index contributed by atoms with van der Waals surface area (Å²) in [5.74, 6) is 0. The monoisotopic (exact) mass is 251 g/mol. The maximum atomic E-state index is 6.01. The Balaban J connectivity index is 1.81. The van der Waals surface area contributed by atoms with Gasteiger partial charge in [-0.3, -0.25) is 0 Å². The Hall–Kier alpha value is -0.530. The molecule has 1 N–H and O–H groups in total. The first-order chi connectivity index (χ1) is 8.31. The molecule has 0 aliphatic heterocycles. The zero-order valence-corrected chi connectivity index (χ0v) is 11.4. The molecule has 2 rings (SSSR count). The molecule has 1 aromatic carbocycles. The van der Waals surface area contributed by atoms with Gasteiger partial charge in [0, 0.05) is 11.1 Å². The van der Waals surface area contributed by atoms with E-state index in [1.165, 1.54) is 49.7 Å². The van der Waals surface area contributed by atoms with Crippen molar-refractivity contribution in [1.29, 1.82) is 0 Å². The van der Waals surface area contributed by atoms with Gasteiger partial charge < -0.3 is 5.32 Å². The fraction of sp³-hybridized carbons (Fsp3) is 0.600. The molecule has 1 aliphatic carbocycles. The van der Waals surface area contributed by atoms with Crippen LogP contribution < -0.4 is 5.32 Å². The van der Waals surface area contributed by atoms with Crippen LogP contribution in [-0.2, 0) is 6.42 Å². The fourth-order valence-corrected chi connectivity index (χ4v) is 2.82. The Labute approximate surface area is 110 Å². The standard InChI is InChI=1S/C15H22ClN/c1-2-3-4-5-10-17-15-9-6-12-11-13(16)7-8-14(12)15/h7-8,11,15,17H,2-6,9-10H2,1H3. The summed E-state index contributed by atoms with van der Waals surface area (Å²) in [5.41, 5.74) is 2.90. The van der Waals surface area contributed by atoms with Crippen LogP contribution in [0.25, 0.3) is 0 Å². The highest BCUT2D eigenvalue weighted by atomic mass is 35.5. The maximum Gasteiger partial charge on any atom is 0.0408 e. The molecule has 0 heterocycles. The second kappa shape index (κ2) is 6.42. The third kappa shape index (κ3) is 3.46. The van der Waals surface area contributed by atoms with Crippen LogP contribution in [-0.4, -0.2) is 6.54 Å². The average molecular weight is 252 g/mol. The Morgan fingerprint density at radius 3 is 3.00 bits per heavy atom. The lowest BCUT2D eigenvalue weighted by Crippen LogP contribution is -2.20. The molecular weight excluding hydrogens is 230 g/mol. The summed E-state index contributed by atoms with van der Waals surface area (Å²) in [6, 6.07) is 6.88. The molecule has 2 heteroatoms. The van der Waals surface area contributed by atoms with Gasteiger partial charge in [0.25, 0.3) is 0 Å². The van der Waals surface area contributed by atoms with Gasteiger partial charge in [-0.15, -0.1) is 0 Å². The summed E-state index contributed by atoms with van der Waals surface area (Å²) in [5, 5.41) is 4.54. The van der Waals surface area contributed by atoms with Gasteiger partial charge in [0.1, 0.15) is 0 Å². The van der Waals surface area contributed by atoms with Crippen molar-refractivity contribution in [3.63, 3.8) is 0 Å². The van der Waals surface area contributed by atoms with E-state index < -0.39 is 0 Å². The summed E-state index contributed by atoms with van der Waals surface area (Å²) in [7, 11) is 0. The molecule has 1 aromatic rings. The Kier molecular flexibility index (Phi) is 4.87. The molecule has 0 bridgehead atoms. The maximum absolute atomic E-state index is 6.01. The van der Waals surface area contributed by atoms with E-state index >= 15 is 0 Å². The van der Waals surface area contributed by atoms with Crippen molar-refractivity contribution < 1.29 is 0 Å². The smallest absolute Gasteiger partial charge is 0.0408 e. The minimum Gasteiger partial charge on any atom is -0.310 e. The van der Waals surface area contributed by atoms with Gasteiger partial charge >= 0.3 is 0 Å². The van der Waals surface area contributed by atoms with Crippen LogP contribution >= 0.6 is 11.6 Å². The van der Waals surface area contributed by atoms with E-state index in [9.17, 15) is 0 Å². The van der Waals surface area contributed by atoms with Crippen molar-refractivity contribution in [2.45, 2.75) is 51.5 Å². The molecule has 0 radical (unpaired) electrons. The van der Waals surface area contributed by atoms with Crippen molar-refractivity contribution in [2.75, 3.05) is 6.54 Å². The Bertz CT molecular complexity index is 362. The first-order valence-electron chi connectivity index (χ1n) is 6.83. The van der Waals surface area contributed by atoms with E-state index in [1.807, 2.05) is 6.07 Å². The molecule has 0 saturated carbocycles. The van der Waals surface area contributed by atoms with Gasteiger partial charge in [-0.25, -0.2) is 0 Å². The third-order valence-electron chi connectivity index (χ3n) is 3.60. The summed E-state index contributed by atoms with van der Waals surface area (Å²) in [4.78, 5) is 0. The van der Waals surface area contributed by atoms with Crippen molar-refractivity contribution in [3.05, 3.63) is 34.3 Å².